The van der Waals surface area contributed by atoms with E-state index in [1.54, 1.807) is 11.3 Å². The minimum absolute atomic E-state index is 0.00456. The standard InChI is InChI=1S/C28H27N5O2/c34-27(20-31-15-7-8-16-31)33-25(18-24(29-33)26-14-9-17-35-26)23-19-32(22-12-5-2-6-13-22)30-28(23)21-10-3-1-4-11-21/h1-6,9-14,17,19,25H,7-8,15-16,18,20H2/t25-/m0/s1. The summed E-state index contributed by atoms with van der Waals surface area (Å²) in [6, 6.07) is 23.7. The molecule has 0 unspecified atom stereocenters. The van der Waals surface area contributed by atoms with Crippen molar-refractivity contribution in [2.24, 2.45) is 5.10 Å². The second-order valence-electron chi connectivity index (χ2n) is 9.04. The molecule has 176 valence electrons. The third kappa shape index (κ3) is 4.31. The van der Waals surface area contributed by atoms with E-state index in [1.807, 2.05) is 71.5 Å². The molecule has 2 aliphatic heterocycles. The molecule has 35 heavy (non-hydrogen) atoms. The Morgan fingerprint density at radius 2 is 1.69 bits per heavy atom. The van der Waals surface area contributed by atoms with Crippen LogP contribution in [0.15, 0.2) is 94.8 Å². The van der Waals surface area contributed by atoms with Gasteiger partial charge < -0.3 is 4.42 Å². The number of hydrogen-bond donors (Lipinski definition) is 0. The predicted octanol–water partition coefficient (Wildman–Crippen LogP) is 4.91. The van der Waals surface area contributed by atoms with Gasteiger partial charge in [0.25, 0.3) is 5.91 Å². The van der Waals surface area contributed by atoms with Crippen LogP contribution in [-0.2, 0) is 4.79 Å². The van der Waals surface area contributed by atoms with E-state index in [0.29, 0.717) is 18.7 Å². The maximum Gasteiger partial charge on any atom is 0.257 e. The van der Waals surface area contributed by atoms with Crippen LogP contribution in [-0.4, -0.2) is 50.9 Å². The van der Waals surface area contributed by atoms with Crippen LogP contribution in [0.2, 0.25) is 0 Å². The fourth-order valence-electron chi connectivity index (χ4n) is 4.94. The lowest BCUT2D eigenvalue weighted by molar-refractivity contribution is -0.134. The lowest BCUT2D eigenvalue weighted by Crippen LogP contribution is -2.37. The van der Waals surface area contributed by atoms with Crippen molar-refractivity contribution < 1.29 is 9.21 Å². The van der Waals surface area contributed by atoms with Gasteiger partial charge in [0, 0.05) is 23.7 Å². The number of likely N-dealkylation sites (tertiary alicyclic amines) is 1. The highest BCUT2D eigenvalue weighted by atomic mass is 16.3. The Hall–Kier alpha value is -3.97. The Morgan fingerprint density at radius 1 is 0.943 bits per heavy atom. The fraction of sp³-hybridized carbons (Fsp3) is 0.250. The number of benzene rings is 2. The summed E-state index contributed by atoms with van der Waals surface area (Å²) in [4.78, 5) is 15.8. The molecular formula is C28H27N5O2. The number of hydrogen-bond acceptors (Lipinski definition) is 5. The molecule has 1 saturated heterocycles. The molecule has 1 fully saturated rings. The molecule has 0 bridgehead atoms. The third-order valence-electron chi connectivity index (χ3n) is 6.70. The average Bonchev–Trinajstić information content (AvgIpc) is 3.71. The van der Waals surface area contributed by atoms with Crippen LogP contribution in [0.3, 0.4) is 0 Å². The Morgan fingerprint density at radius 3 is 2.40 bits per heavy atom. The van der Waals surface area contributed by atoms with E-state index in [4.69, 9.17) is 14.6 Å². The quantitative estimate of drug-likeness (QED) is 0.406. The topological polar surface area (TPSA) is 66.9 Å². The molecule has 2 aromatic carbocycles. The highest BCUT2D eigenvalue weighted by Crippen LogP contribution is 2.38. The first kappa shape index (κ1) is 21.6. The largest absolute Gasteiger partial charge is 0.463 e. The molecule has 2 aliphatic rings. The summed E-state index contributed by atoms with van der Waals surface area (Å²) >= 11 is 0. The molecule has 6 rings (SSSR count). The zero-order valence-corrected chi connectivity index (χ0v) is 19.5. The Balaban J connectivity index is 1.42. The predicted molar refractivity (Wildman–Crippen MR) is 134 cm³/mol. The minimum Gasteiger partial charge on any atom is -0.463 e. The highest BCUT2D eigenvalue weighted by Gasteiger charge is 2.37. The first-order chi connectivity index (χ1) is 17.3. The van der Waals surface area contributed by atoms with Gasteiger partial charge in [-0.2, -0.15) is 10.2 Å². The summed E-state index contributed by atoms with van der Waals surface area (Å²) in [5, 5.41) is 11.4. The minimum atomic E-state index is -0.266. The van der Waals surface area contributed by atoms with Crippen molar-refractivity contribution in [3.63, 3.8) is 0 Å². The number of carbonyl (C=O) groups is 1. The molecule has 1 amide bonds. The van der Waals surface area contributed by atoms with E-state index >= 15 is 0 Å². The summed E-state index contributed by atoms with van der Waals surface area (Å²) < 4.78 is 7.55. The molecule has 0 aliphatic carbocycles. The van der Waals surface area contributed by atoms with Crippen LogP contribution < -0.4 is 0 Å². The van der Waals surface area contributed by atoms with Gasteiger partial charge in [-0.3, -0.25) is 9.69 Å². The van der Waals surface area contributed by atoms with Gasteiger partial charge in [-0.05, 0) is 50.2 Å². The van der Waals surface area contributed by atoms with Gasteiger partial charge in [0.2, 0.25) is 0 Å². The molecule has 1 atom stereocenters. The Labute approximate surface area is 204 Å². The number of hydrazone groups is 1. The highest BCUT2D eigenvalue weighted by molar-refractivity contribution is 6.01. The van der Waals surface area contributed by atoms with Crippen LogP contribution in [0.4, 0.5) is 0 Å². The lowest BCUT2D eigenvalue weighted by atomic mass is 9.98. The van der Waals surface area contributed by atoms with Crippen LogP contribution in [0.5, 0.6) is 0 Å². The second-order valence-corrected chi connectivity index (χ2v) is 9.04. The molecule has 7 nitrogen and oxygen atoms in total. The van der Waals surface area contributed by atoms with Crippen molar-refractivity contribution >= 4 is 11.6 Å². The van der Waals surface area contributed by atoms with E-state index in [-0.39, 0.29) is 11.9 Å². The zero-order chi connectivity index (χ0) is 23.6. The molecule has 0 N–H and O–H groups in total. The lowest BCUT2D eigenvalue weighted by Gasteiger charge is -2.24. The molecule has 4 aromatic rings. The van der Waals surface area contributed by atoms with Crippen LogP contribution in [0.1, 0.15) is 36.6 Å². The zero-order valence-electron chi connectivity index (χ0n) is 19.5. The third-order valence-corrected chi connectivity index (χ3v) is 6.70. The smallest absolute Gasteiger partial charge is 0.257 e. The van der Waals surface area contributed by atoms with Crippen molar-refractivity contribution in [2.75, 3.05) is 19.6 Å². The van der Waals surface area contributed by atoms with E-state index in [2.05, 4.69) is 17.0 Å². The van der Waals surface area contributed by atoms with Crippen LogP contribution >= 0.6 is 0 Å². The molecule has 4 heterocycles. The number of aromatic nitrogens is 2. The Bertz CT molecular complexity index is 1320. The van der Waals surface area contributed by atoms with E-state index < -0.39 is 0 Å². The first-order valence-electron chi connectivity index (χ1n) is 12.1. The number of furan rings is 1. The summed E-state index contributed by atoms with van der Waals surface area (Å²) in [5.41, 5.74) is 4.59. The van der Waals surface area contributed by atoms with Gasteiger partial charge >= 0.3 is 0 Å². The van der Waals surface area contributed by atoms with Gasteiger partial charge in [-0.25, -0.2) is 9.69 Å². The SMILES string of the molecule is O=C(CN1CCCC1)N1N=C(c2ccco2)C[C@H]1c1cn(-c2ccccc2)nc1-c1ccccc1. The van der Waals surface area contributed by atoms with Crippen LogP contribution in [0, 0.1) is 0 Å². The van der Waals surface area contributed by atoms with E-state index in [0.717, 1.165) is 54.2 Å². The normalized spacial score (nSPS) is 18.2. The summed E-state index contributed by atoms with van der Waals surface area (Å²) in [6.07, 6.45) is 6.53. The number of rotatable bonds is 6. The van der Waals surface area contributed by atoms with Crippen molar-refractivity contribution in [1.82, 2.24) is 19.7 Å². The van der Waals surface area contributed by atoms with Crippen molar-refractivity contribution in [2.45, 2.75) is 25.3 Å². The van der Waals surface area contributed by atoms with Gasteiger partial charge in [-0.1, -0.05) is 48.5 Å². The molecule has 0 radical (unpaired) electrons. The molecule has 0 saturated carbocycles. The maximum atomic E-state index is 13.5. The molecule has 0 spiro atoms. The van der Waals surface area contributed by atoms with Crippen molar-refractivity contribution in [1.29, 1.82) is 0 Å². The van der Waals surface area contributed by atoms with Crippen molar-refractivity contribution in [3.8, 4) is 16.9 Å². The van der Waals surface area contributed by atoms with E-state index in [9.17, 15) is 4.79 Å². The monoisotopic (exact) mass is 465 g/mol. The van der Waals surface area contributed by atoms with Crippen molar-refractivity contribution in [3.05, 3.63) is 96.6 Å². The molecule has 2 aromatic heterocycles. The molecule has 7 heteroatoms. The number of amides is 1. The van der Waals surface area contributed by atoms with E-state index in [1.165, 1.54) is 0 Å². The number of nitrogens with zero attached hydrogens (tertiary/aromatic N) is 5. The maximum absolute atomic E-state index is 13.5. The van der Waals surface area contributed by atoms with Crippen LogP contribution in [0.25, 0.3) is 16.9 Å². The summed E-state index contributed by atoms with van der Waals surface area (Å²) in [6.45, 7) is 2.29. The Kier molecular flexibility index (Phi) is 5.76. The first-order valence-corrected chi connectivity index (χ1v) is 12.1. The van der Waals surface area contributed by atoms with Gasteiger partial charge in [-0.15, -0.1) is 0 Å². The average molecular weight is 466 g/mol. The summed E-state index contributed by atoms with van der Waals surface area (Å²) in [5.74, 6) is 0.702. The molecular weight excluding hydrogens is 438 g/mol. The van der Waals surface area contributed by atoms with Gasteiger partial charge in [0.15, 0.2) is 0 Å². The van der Waals surface area contributed by atoms with Gasteiger partial charge in [0.1, 0.15) is 11.5 Å². The number of carbonyl (C=O) groups excluding carboxylic acids is 1. The second kappa shape index (κ2) is 9.35. The summed E-state index contributed by atoms with van der Waals surface area (Å²) in [7, 11) is 0. The number of para-hydroxylation sites is 1. The fourth-order valence-corrected chi connectivity index (χ4v) is 4.94. The van der Waals surface area contributed by atoms with Gasteiger partial charge in [0.05, 0.1) is 30.2 Å².